The van der Waals surface area contributed by atoms with Crippen LogP contribution in [0, 0.1) is 0 Å². The van der Waals surface area contributed by atoms with Crippen LogP contribution in [0.2, 0.25) is 10.0 Å². The number of ether oxygens (including phenoxy) is 1. The van der Waals surface area contributed by atoms with E-state index >= 15 is 0 Å². The largest absolute Gasteiger partial charge is 0.474 e. The summed E-state index contributed by atoms with van der Waals surface area (Å²) in [6.07, 6.45) is 0. The standard InChI is InChI=1S/C14H16Cl2N2O2/c1-8(2)12-13(20-18-14(12)19-6-5-17)10-4-3-9(15)7-11(10)16/h3-4,7-8H,5-6,17H2,1-2H3. The second-order valence-electron chi connectivity index (χ2n) is 4.65. The average Bonchev–Trinajstić information content (AvgIpc) is 2.80. The fraction of sp³-hybridized carbons (Fsp3) is 0.357. The Morgan fingerprint density at radius 3 is 2.70 bits per heavy atom. The van der Waals surface area contributed by atoms with E-state index in [1.54, 1.807) is 12.1 Å². The lowest BCUT2D eigenvalue weighted by molar-refractivity contribution is 0.286. The quantitative estimate of drug-likeness (QED) is 0.902. The van der Waals surface area contributed by atoms with Gasteiger partial charge in [-0.15, -0.1) is 0 Å². The molecule has 0 radical (unpaired) electrons. The molecule has 0 saturated heterocycles. The van der Waals surface area contributed by atoms with Gasteiger partial charge < -0.3 is 15.0 Å². The van der Waals surface area contributed by atoms with Gasteiger partial charge >= 0.3 is 0 Å². The van der Waals surface area contributed by atoms with Crippen LogP contribution in [0.3, 0.4) is 0 Å². The zero-order valence-electron chi connectivity index (χ0n) is 11.3. The maximum Gasteiger partial charge on any atom is 0.258 e. The van der Waals surface area contributed by atoms with Gasteiger partial charge in [0.25, 0.3) is 5.88 Å². The van der Waals surface area contributed by atoms with E-state index < -0.39 is 0 Å². The molecule has 2 N–H and O–H groups in total. The number of benzene rings is 1. The van der Waals surface area contributed by atoms with E-state index in [0.717, 1.165) is 11.1 Å². The van der Waals surface area contributed by atoms with Crippen LogP contribution in [-0.2, 0) is 0 Å². The fourth-order valence-electron chi connectivity index (χ4n) is 1.92. The zero-order valence-corrected chi connectivity index (χ0v) is 12.8. The van der Waals surface area contributed by atoms with Gasteiger partial charge in [0.05, 0.1) is 10.6 Å². The van der Waals surface area contributed by atoms with Crippen molar-refractivity contribution in [3.63, 3.8) is 0 Å². The minimum Gasteiger partial charge on any atom is -0.474 e. The number of halogens is 2. The summed E-state index contributed by atoms with van der Waals surface area (Å²) in [5.74, 6) is 1.25. The Hall–Kier alpha value is -1.23. The van der Waals surface area contributed by atoms with Crippen molar-refractivity contribution in [3.8, 4) is 17.2 Å². The molecule has 0 aliphatic rings. The number of aromatic nitrogens is 1. The van der Waals surface area contributed by atoms with E-state index in [2.05, 4.69) is 5.16 Å². The summed E-state index contributed by atoms with van der Waals surface area (Å²) in [6, 6.07) is 5.24. The molecule has 1 heterocycles. The number of hydrogen-bond donors (Lipinski definition) is 1. The second kappa shape index (κ2) is 6.48. The molecule has 0 amide bonds. The summed E-state index contributed by atoms with van der Waals surface area (Å²) in [5.41, 5.74) is 7.06. The lowest BCUT2D eigenvalue weighted by atomic mass is 10.00. The van der Waals surface area contributed by atoms with Crippen LogP contribution in [-0.4, -0.2) is 18.3 Å². The lowest BCUT2D eigenvalue weighted by Crippen LogP contribution is -2.11. The maximum absolute atomic E-state index is 6.22. The molecule has 1 aromatic heterocycles. The highest BCUT2D eigenvalue weighted by molar-refractivity contribution is 6.36. The van der Waals surface area contributed by atoms with Crippen molar-refractivity contribution < 1.29 is 9.26 Å². The lowest BCUT2D eigenvalue weighted by Gasteiger charge is -2.09. The summed E-state index contributed by atoms with van der Waals surface area (Å²) in [4.78, 5) is 0. The van der Waals surface area contributed by atoms with Gasteiger partial charge in [0, 0.05) is 17.1 Å². The summed E-state index contributed by atoms with van der Waals surface area (Å²) >= 11 is 12.1. The van der Waals surface area contributed by atoms with Crippen LogP contribution < -0.4 is 10.5 Å². The molecule has 2 aromatic rings. The molecular formula is C14H16Cl2N2O2. The van der Waals surface area contributed by atoms with E-state index in [0.29, 0.717) is 34.8 Å². The molecule has 0 fully saturated rings. The minimum absolute atomic E-state index is 0.177. The zero-order chi connectivity index (χ0) is 14.7. The van der Waals surface area contributed by atoms with E-state index in [-0.39, 0.29) is 5.92 Å². The predicted molar refractivity (Wildman–Crippen MR) is 80.6 cm³/mol. The van der Waals surface area contributed by atoms with Crippen molar-refractivity contribution in [2.24, 2.45) is 5.73 Å². The third-order valence-electron chi connectivity index (χ3n) is 2.80. The van der Waals surface area contributed by atoms with Crippen LogP contribution in [0.25, 0.3) is 11.3 Å². The Morgan fingerprint density at radius 2 is 2.10 bits per heavy atom. The van der Waals surface area contributed by atoms with Crippen molar-refractivity contribution >= 4 is 23.2 Å². The highest BCUT2D eigenvalue weighted by Crippen LogP contribution is 2.39. The maximum atomic E-state index is 6.22. The van der Waals surface area contributed by atoms with Crippen LogP contribution in [0.1, 0.15) is 25.3 Å². The molecule has 0 bridgehead atoms. The molecule has 0 atom stereocenters. The topological polar surface area (TPSA) is 61.3 Å². The molecule has 20 heavy (non-hydrogen) atoms. The first kappa shape index (κ1) is 15.2. The van der Waals surface area contributed by atoms with Crippen molar-refractivity contribution in [3.05, 3.63) is 33.8 Å². The Balaban J connectivity index is 2.48. The molecule has 108 valence electrons. The molecule has 0 unspecified atom stereocenters. The van der Waals surface area contributed by atoms with Crippen LogP contribution >= 0.6 is 23.2 Å². The van der Waals surface area contributed by atoms with Gasteiger partial charge in [-0.2, -0.15) is 0 Å². The number of nitrogens with two attached hydrogens (primary N) is 1. The average molecular weight is 315 g/mol. The number of hydrogen-bond acceptors (Lipinski definition) is 4. The Morgan fingerprint density at radius 1 is 1.35 bits per heavy atom. The predicted octanol–water partition coefficient (Wildman–Crippen LogP) is 4.11. The molecule has 0 aliphatic heterocycles. The van der Waals surface area contributed by atoms with Crippen molar-refractivity contribution in [1.29, 1.82) is 0 Å². The SMILES string of the molecule is CC(C)c1c(OCCN)noc1-c1ccc(Cl)cc1Cl. The second-order valence-corrected chi connectivity index (χ2v) is 5.49. The third kappa shape index (κ3) is 3.08. The molecule has 2 rings (SSSR count). The van der Waals surface area contributed by atoms with Gasteiger partial charge in [0.1, 0.15) is 6.61 Å². The summed E-state index contributed by atoms with van der Waals surface area (Å²) < 4.78 is 10.9. The van der Waals surface area contributed by atoms with Crippen molar-refractivity contribution in [1.82, 2.24) is 5.16 Å². The summed E-state index contributed by atoms with van der Waals surface area (Å²) in [6.45, 7) is 4.88. The van der Waals surface area contributed by atoms with Crippen LogP contribution in [0.4, 0.5) is 0 Å². The fourth-order valence-corrected chi connectivity index (χ4v) is 2.41. The molecule has 0 saturated carbocycles. The molecule has 6 heteroatoms. The van der Waals surface area contributed by atoms with Crippen LogP contribution in [0.15, 0.2) is 22.7 Å². The highest BCUT2D eigenvalue weighted by atomic mass is 35.5. The third-order valence-corrected chi connectivity index (χ3v) is 3.35. The molecule has 0 spiro atoms. The van der Waals surface area contributed by atoms with Gasteiger partial charge in [0.2, 0.25) is 0 Å². The van der Waals surface area contributed by atoms with Gasteiger partial charge in [-0.05, 0) is 29.3 Å². The molecule has 4 nitrogen and oxygen atoms in total. The van der Waals surface area contributed by atoms with E-state index in [1.807, 2.05) is 19.9 Å². The van der Waals surface area contributed by atoms with Gasteiger partial charge in [-0.25, -0.2) is 0 Å². The van der Waals surface area contributed by atoms with E-state index in [4.69, 9.17) is 38.2 Å². The first-order chi connectivity index (χ1) is 9.54. The van der Waals surface area contributed by atoms with Crippen molar-refractivity contribution in [2.75, 3.05) is 13.2 Å². The number of rotatable bonds is 5. The van der Waals surface area contributed by atoms with Crippen molar-refractivity contribution in [2.45, 2.75) is 19.8 Å². The van der Waals surface area contributed by atoms with Gasteiger partial charge in [-0.3, -0.25) is 0 Å². The highest BCUT2D eigenvalue weighted by Gasteiger charge is 2.23. The number of nitrogens with zero attached hydrogens (tertiary/aromatic N) is 1. The Kier molecular flexibility index (Phi) is 4.91. The Labute approximate surface area is 127 Å². The van der Waals surface area contributed by atoms with E-state index in [9.17, 15) is 0 Å². The summed E-state index contributed by atoms with van der Waals surface area (Å²) in [7, 11) is 0. The Bertz CT molecular complexity index is 597. The summed E-state index contributed by atoms with van der Waals surface area (Å²) in [5, 5.41) is 5.06. The smallest absolute Gasteiger partial charge is 0.258 e. The van der Waals surface area contributed by atoms with Gasteiger partial charge in [-0.1, -0.05) is 37.0 Å². The first-order valence-corrected chi connectivity index (χ1v) is 7.08. The molecular weight excluding hydrogens is 299 g/mol. The van der Waals surface area contributed by atoms with Crippen LogP contribution in [0.5, 0.6) is 5.88 Å². The minimum atomic E-state index is 0.177. The molecule has 1 aromatic carbocycles. The first-order valence-electron chi connectivity index (χ1n) is 6.32. The molecule has 0 aliphatic carbocycles. The van der Waals surface area contributed by atoms with E-state index in [1.165, 1.54) is 0 Å². The van der Waals surface area contributed by atoms with Gasteiger partial charge in [0.15, 0.2) is 5.76 Å². The monoisotopic (exact) mass is 314 g/mol. The normalized spacial score (nSPS) is 11.1.